The van der Waals surface area contributed by atoms with Gasteiger partial charge in [0.25, 0.3) is 0 Å². The molecule has 4 heteroatoms. The van der Waals surface area contributed by atoms with Crippen molar-refractivity contribution in [2.24, 2.45) is 7.05 Å². The van der Waals surface area contributed by atoms with E-state index in [0.29, 0.717) is 0 Å². The molecular weight excluding hydrogens is 681 g/mol. The number of benzene rings is 7. The summed E-state index contributed by atoms with van der Waals surface area (Å²) < 4.78 is 6.89. The first-order chi connectivity index (χ1) is 27.5. The van der Waals surface area contributed by atoms with Gasteiger partial charge in [0.05, 0.1) is 23.5 Å². The Balaban J connectivity index is 1.21. The van der Waals surface area contributed by atoms with E-state index in [2.05, 4.69) is 211 Å². The number of imidazole rings is 1. The molecule has 4 nitrogen and oxygen atoms in total. The Bertz CT molecular complexity index is 3130. The fourth-order valence-electron chi connectivity index (χ4n) is 9.80. The first-order valence-electron chi connectivity index (χ1n) is 19.3. The predicted molar refractivity (Wildman–Crippen MR) is 229 cm³/mol. The smallest absolute Gasteiger partial charge is 0.249 e. The van der Waals surface area contributed by atoms with Crippen molar-refractivity contribution in [2.45, 2.75) is 19.3 Å². The van der Waals surface area contributed by atoms with Crippen molar-refractivity contribution in [3.8, 4) is 33.8 Å². The third kappa shape index (κ3) is 4.53. The molecule has 0 radical (unpaired) electrons. The molecule has 0 unspecified atom stereocenters. The minimum absolute atomic E-state index is 0.586. The molecular formula is C52H39N4+. The molecule has 11 rings (SSSR count). The topological polar surface area (TPSA) is 26.6 Å². The summed E-state index contributed by atoms with van der Waals surface area (Å²) in [7, 11) is 2.12. The van der Waals surface area contributed by atoms with Gasteiger partial charge in [-0.05, 0) is 118 Å². The van der Waals surface area contributed by atoms with Crippen LogP contribution in [0.5, 0.6) is 0 Å². The Kier molecular flexibility index (Phi) is 7.08. The average Bonchev–Trinajstić information content (AvgIpc) is 3.87. The van der Waals surface area contributed by atoms with Gasteiger partial charge in [-0.3, -0.25) is 4.57 Å². The van der Waals surface area contributed by atoms with Crippen LogP contribution in [-0.2, 0) is 12.5 Å². The van der Waals surface area contributed by atoms with Crippen molar-refractivity contribution in [3.63, 3.8) is 0 Å². The highest BCUT2D eigenvalue weighted by Gasteiger charge is 2.46. The summed E-state index contributed by atoms with van der Waals surface area (Å²) in [5.74, 6) is 0.907. The van der Waals surface area contributed by atoms with Crippen LogP contribution in [0.15, 0.2) is 182 Å². The Labute approximate surface area is 326 Å². The number of hydrogen-bond acceptors (Lipinski definition) is 1. The van der Waals surface area contributed by atoms with Crippen LogP contribution in [0.25, 0.3) is 66.6 Å². The Hall–Kier alpha value is -7.04. The lowest BCUT2D eigenvalue weighted by Crippen LogP contribution is -2.29. The van der Waals surface area contributed by atoms with Gasteiger partial charge in [-0.15, -0.1) is 0 Å². The summed E-state index contributed by atoms with van der Waals surface area (Å²) in [4.78, 5) is 5.07. The molecule has 0 aliphatic heterocycles. The van der Waals surface area contributed by atoms with Gasteiger partial charge in [0.15, 0.2) is 11.0 Å². The zero-order valence-electron chi connectivity index (χ0n) is 31.6. The second-order valence-electron chi connectivity index (χ2n) is 15.2. The first-order valence-corrected chi connectivity index (χ1v) is 19.3. The zero-order valence-corrected chi connectivity index (χ0v) is 31.6. The third-order valence-corrected chi connectivity index (χ3v) is 12.2. The Morgan fingerprint density at radius 2 is 1.18 bits per heavy atom. The minimum atomic E-state index is -0.586. The zero-order chi connectivity index (χ0) is 37.5. The van der Waals surface area contributed by atoms with E-state index in [0.717, 1.165) is 22.5 Å². The molecule has 1 aliphatic carbocycles. The second-order valence-corrected chi connectivity index (χ2v) is 15.2. The van der Waals surface area contributed by atoms with Gasteiger partial charge >= 0.3 is 0 Å². The molecule has 3 aromatic heterocycles. The number of aryl methyl sites for hydroxylation is 3. The molecule has 0 atom stereocenters. The summed E-state index contributed by atoms with van der Waals surface area (Å²) in [6.07, 6.45) is 4.15. The van der Waals surface area contributed by atoms with E-state index in [1.54, 1.807) is 0 Å². The summed E-state index contributed by atoms with van der Waals surface area (Å²) in [6, 6.07) is 62.6. The van der Waals surface area contributed by atoms with Crippen molar-refractivity contribution in [3.05, 3.63) is 216 Å². The number of para-hydroxylation sites is 3. The molecule has 7 aromatic carbocycles. The summed E-state index contributed by atoms with van der Waals surface area (Å²) in [5, 5.41) is 2.42. The number of rotatable bonds is 5. The second kappa shape index (κ2) is 12.2. The molecule has 56 heavy (non-hydrogen) atoms. The van der Waals surface area contributed by atoms with E-state index in [1.165, 1.54) is 77.4 Å². The largest absolute Gasteiger partial charge is 0.294 e. The van der Waals surface area contributed by atoms with Gasteiger partial charge < -0.3 is 0 Å². The first kappa shape index (κ1) is 32.4. The quantitative estimate of drug-likeness (QED) is 0.163. The van der Waals surface area contributed by atoms with Crippen molar-refractivity contribution in [1.82, 2.24) is 14.1 Å². The number of aromatic nitrogens is 4. The summed E-state index contributed by atoms with van der Waals surface area (Å²) in [5.41, 5.74) is 17.7. The summed E-state index contributed by atoms with van der Waals surface area (Å²) in [6.45, 7) is 4.39. The van der Waals surface area contributed by atoms with E-state index in [-0.39, 0.29) is 0 Å². The fraction of sp³-hybridized carbons (Fsp3) is 0.0769. The van der Waals surface area contributed by atoms with Crippen LogP contribution in [0.4, 0.5) is 0 Å². The van der Waals surface area contributed by atoms with Crippen molar-refractivity contribution < 1.29 is 4.57 Å². The van der Waals surface area contributed by atoms with Crippen LogP contribution in [-0.4, -0.2) is 14.1 Å². The van der Waals surface area contributed by atoms with E-state index in [4.69, 9.17) is 4.98 Å². The molecule has 0 N–H and O–H groups in total. The molecule has 0 spiro atoms. The van der Waals surface area contributed by atoms with Crippen LogP contribution in [0.2, 0.25) is 0 Å². The number of pyridine rings is 1. The highest BCUT2D eigenvalue weighted by molar-refractivity contribution is 6.09. The lowest BCUT2D eigenvalue weighted by atomic mass is 9.67. The SMILES string of the molecule is Cc1cccc(C)c1-c1ccnc(-n2c3ccccc3c3ccc(C4(c5cccc(-n6c[n+](C)c7ccccc76)c5)c5ccccc5-c5ccccc54)cc32)c1. The standard InChI is InChI=1S/C52H39N4/c1-34-14-12-15-35(2)51(34)36-28-29-53-50(30-36)56-46-23-9-6-20-42(46)43-27-26-38(32-49(43)56)52(44-21-7-4-18-40(44)41-19-5-8-22-45(41)52)37-16-13-17-39(31-37)55-33-54(3)47-24-10-11-25-48(47)55/h4-33H,1-3H3/q+1. The molecule has 0 bridgehead atoms. The van der Waals surface area contributed by atoms with E-state index < -0.39 is 5.41 Å². The van der Waals surface area contributed by atoms with Gasteiger partial charge in [0.1, 0.15) is 11.5 Å². The Morgan fingerprint density at radius 1 is 0.536 bits per heavy atom. The monoisotopic (exact) mass is 719 g/mol. The maximum Gasteiger partial charge on any atom is 0.249 e. The van der Waals surface area contributed by atoms with Crippen molar-refractivity contribution >= 4 is 32.8 Å². The molecule has 0 fully saturated rings. The lowest BCUT2D eigenvalue weighted by molar-refractivity contribution is -0.645. The summed E-state index contributed by atoms with van der Waals surface area (Å²) >= 11 is 0. The highest BCUT2D eigenvalue weighted by Crippen LogP contribution is 2.56. The Morgan fingerprint density at radius 3 is 1.96 bits per heavy atom. The van der Waals surface area contributed by atoms with Crippen LogP contribution in [0.1, 0.15) is 33.4 Å². The van der Waals surface area contributed by atoms with Gasteiger partial charge in [-0.25, -0.2) is 9.55 Å². The van der Waals surface area contributed by atoms with Crippen molar-refractivity contribution in [2.75, 3.05) is 0 Å². The predicted octanol–water partition coefficient (Wildman–Crippen LogP) is 11.6. The average molecular weight is 720 g/mol. The number of fused-ring (bicyclic) bond motifs is 7. The van der Waals surface area contributed by atoms with Crippen LogP contribution in [0, 0.1) is 13.8 Å². The third-order valence-electron chi connectivity index (χ3n) is 12.2. The molecule has 266 valence electrons. The van der Waals surface area contributed by atoms with E-state index in [1.807, 2.05) is 6.20 Å². The van der Waals surface area contributed by atoms with Crippen LogP contribution < -0.4 is 4.57 Å². The van der Waals surface area contributed by atoms with E-state index >= 15 is 0 Å². The fourth-order valence-corrected chi connectivity index (χ4v) is 9.80. The number of nitrogens with zero attached hydrogens (tertiary/aromatic N) is 4. The van der Waals surface area contributed by atoms with Gasteiger partial charge in [0, 0.05) is 17.0 Å². The molecule has 0 amide bonds. The minimum Gasteiger partial charge on any atom is -0.294 e. The molecule has 3 heterocycles. The molecule has 0 saturated heterocycles. The maximum absolute atomic E-state index is 5.07. The van der Waals surface area contributed by atoms with Crippen LogP contribution >= 0.6 is 0 Å². The van der Waals surface area contributed by atoms with Gasteiger partial charge in [0.2, 0.25) is 6.33 Å². The van der Waals surface area contributed by atoms with Gasteiger partial charge in [-0.1, -0.05) is 121 Å². The number of hydrogen-bond donors (Lipinski definition) is 0. The maximum atomic E-state index is 5.07. The molecule has 0 saturated carbocycles. The molecule has 1 aliphatic rings. The van der Waals surface area contributed by atoms with E-state index in [9.17, 15) is 0 Å². The molecule has 10 aromatic rings. The van der Waals surface area contributed by atoms with Crippen LogP contribution in [0.3, 0.4) is 0 Å². The normalized spacial score (nSPS) is 13.1. The van der Waals surface area contributed by atoms with Gasteiger partial charge in [-0.2, -0.15) is 4.57 Å². The lowest BCUT2D eigenvalue weighted by Gasteiger charge is -2.34. The van der Waals surface area contributed by atoms with Crippen molar-refractivity contribution in [1.29, 1.82) is 0 Å². The highest BCUT2D eigenvalue weighted by atomic mass is 15.1.